The Kier molecular flexibility index (Phi) is 3.76. The molecule has 0 saturated carbocycles. The van der Waals surface area contributed by atoms with E-state index < -0.39 is 0 Å². The minimum absolute atomic E-state index is 0.0864. The maximum absolute atomic E-state index is 12.2. The molecule has 0 unspecified atom stereocenters. The van der Waals surface area contributed by atoms with Gasteiger partial charge in [0.2, 0.25) is 11.9 Å². The van der Waals surface area contributed by atoms with E-state index in [0.29, 0.717) is 11.9 Å². The van der Waals surface area contributed by atoms with Crippen molar-refractivity contribution in [3.8, 4) is 0 Å². The Labute approximate surface area is 105 Å². The van der Waals surface area contributed by atoms with Crippen LogP contribution in [-0.2, 0) is 4.79 Å². The number of anilines is 1. The van der Waals surface area contributed by atoms with Gasteiger partial charge in [-0.1, -0.05) is 13.8 Å². The van der Waals surface area contributed by atoms with Crippen LogP contribution in [0.2, 0.25) is 0 Å². The van der Waals surface area contributed by atoms with Crippen molar-refractivity contribution in [1.82, 2.24) is 19.7 Å². The molecule has 6 heteroatoms. The second kappa shape index (κ2) is 5.48. The second-order valence-electron chi connectivity index (χ2n) is 4.60. The molecule has 2 aromatic rings. The number of hydrogen-bond acceptors (Lipinski definition) is 3. The van der Waals surface area contributed by atoms with Crippen molar-refractivity contribution < 1.29 is 4.79 Å². The molecule has 2 N–H and O–H groups in total. The third kappa shape index (κ3) is 2.97. The number of aromatic nitrogens is 4. The summed E-state index contributed by atoms with van der Waals surface area (Å²) in [5.41, 5.74) is 0. The largest absolute Gasteiger partial charge is 0.342 e. The fourth-order valence-corrected chi connectivity index (χ4v) is 1.83. The zero-order valence-corrected chi connectivity index (χ0v) is 10.5. The van der Waals surface area contributed by atoms with Crippen LogP contribution in [0.3, 0.4) is 0 Å². The van der Waals surface area contributed by atoms with E-state index in [4.69, 9.17) is 0 Å². The normalized spacial score (nSPS) is 12.6. The Bertz CT molecular complexity index is 475. The van der Waals surface area contributed by atoms with Crippen molar-refractivity contribution in [3.63, 3.8) is 0 Å². The SMILES string of the molecule is CC(C)C[C@H](C(=O)Nc1ncn[nH]1)n1cccc1. The molecule has 0 spiro atoms. The zero-order valence-electron chi connectivity index (χ0n) is 10.5. The Balaban J connectivity index is 2.11. The van der Waals surface area contributed by atoms with E-state index in [1.807, 2.05) is 29.1 Å². The number of carbonyl (C=O) groups excluding carboxylic acids is 1. The van der Waals surface area contributed by atoms with Crippen LogP contribution >= 0.6 is 0 Å². The molecule has 0 fully saturated rings. The van der Waals surface area contributed by atoms with Gasteiger partial charge in [0.1, 0.15) is 12.4 Å². The van der Waals surface area contributed by atoms with Crippen LogP contribution in [0.1, 0.15) is 26.3 Å². The number of amides is 1. The molecule has 0 bridgehead atoms. The molecule has 1 atom stereocenters. The molecule has 18 heavy (non-hydrogen) atoms. The number of nitrogens with zero attached hydrogens (tertiary/aromatic N) is 3. The van der Waals surface area contributed by atoms with Gasteiger partial charge in [-0.3, -0.25) is 10.1 Å². The molecule has 0 saturated heterocycles. The molecule has 0 aliphatic carbocycles. The minimum Gasteiger partial charge on any atom is -0.342 e. The van der Waals surface area contributed by atoms with Gasteiger partial charge in [0.05, 0.1) is 0 Å². The highest BCUT2D eigenvalue weighted by Crippen LogP contribution is 2.19. The summed E-state index contributed by atoms with van der Waals surface area (Å²) in [5, 5.41) is 9.05. The van der Waals surface area contributed by atoms with Gasteiger partial charge in [0.15, 0.2) is 0 Å². The van der Waals surface area contributed by atoms with E-state index in [1.54, 1.807) is 0 Å². The molecule has 2 heterocycles. The van der Waals surface area contributed by atoms with Crippen LogP contribution in [0.4, 0.5) is 5.95 Å². The van der Waals surface area contributed by atoms with Gasteiger partial charge in [-0.25, -0.2) is 5.10 Å². The first-order valence-corrected chi connectivity index (χ1v) is 5.95. The smallest absolute Gasteiger partial charge is 0.249 e. The van der Waals surface area contributed by atoms with Crippen molar-refractivity contribution in [3.05, 3.63) is 30.9 Å². The molecule has 0 aromatic carbocycles. The van der Waals surface area contributed by atoms with Gasteiger partial charge in [-0.15, -0.1) is 0 Å². The molecule has 6 nitrogen and oxygen atoms in total. The first-order chi connectivity index (χ1) is 8.66. The summed E-state index contributed by atoms with van der Waals surface area (Å²) in [4.78, 5) is 16.1. The van der Waals surface area contributed by atoms with Crippen molar-refractivity contribution in [2.75, 3.05) is 5.32 Å². The number of H-pyrrole nitrogens is 1. The lowest BCUT2D eigenvalue weighted by Crippen LogP contribution is -2.27. The highest BCUT2D eigenvalue weighted by atomic mass is 16.2. The Hall–Kier alpha value is -2.11. The summed E-state index contributed by atoms with van der Waals surface area (Å²) in [6.07, 6.45) is 5.93. The van der Waals surface area contributed by atoms with Crippen LogP contribution < -0.4 is 5.32 Å². The lowest BCUT2D eigenvalue weighted by molar-refractivity contribution is -0.119. The Morgan fingerprint density at radius 1 is 1.44 bits per heavy atom. The topological polar surface area (TPSA) is 75.6 Å². The number of carbonyl (C=O) groups is 1. The van der Waals surface area contributed by atoms with Crippen molar-refractivity contribution in [1.29, 1.82) is 0 Å². The quantitative estimate of drug-likeness (QED) is 0.846. The van der Waals surface area contributed by atoms with Crippen LogP contribution in [0.15, 0.2) is 30.9 Å². The number of hydrogen-bond donors (Lipinski definition) is 2. The maximum atomic E-state index is 12.2. The van der Waals surface area contributed by atoms with Gasteiger partial charge in [0.25, 0.3) is 0 Å². The van der Waals surface area contributed by atoms with Crippen LogP contribution in [0.5, 0.6) is 0 Å². The maximum Gasteiger partial charge on any atom is 0.249 e. The lowest BCUT2D eigenvalue weighted by atomic mass is 10.0. The summed E-state index contributed by atoms with van der Waals surface area (Å²) < 4.78 is 1.91. The van der Waals surface area contributed by atoms with Gasteiger partial charge in [-0.05, 0) is 24.5 Å². The molecule has 2 rings (SSSR count). The van der Waals surface area contributed by atoms with Gasteiger partial charge in [-0.2, -0.15) is 10.1 Å². The zero-order chi connectivity index (χ0) is 13.0. The summed E-state index contributed by atoms with van der Waals surface area (Å²) in [5.74, 6) is 0.718. The summed E-state index contributed by atoms with van der Waals surface area (Å²) >= 11 is 0. The molecular formula is C12H17N5O. The Morgan fingerprint density at radius 2 is 2.17 bits per heavy atom. The summed E-state index contributed by atoms with van der Waals surface area (Å²) in [6, 6.07) is 3.59. The number of nitrogens with one attached hydrogen (secondary N) is 2. The van der Waals surface area contributed by atoms with Crippen LogP contribution in [0, 0.1) is 5.92 Å². The van der Waals surface area contributed by atoms with E-state index in [2.05, 4.69) is 34.3 Å². The molecule has 0 radical (unpaired) electrons. The van der Waals surface area contributed by atoms with E-state index >= 15 is 0 Å². The predicted octanol–water partition coefficient (Wildman–Crippen LogP) is 1.83. The third-order valence-corrected chi connectivity index (χ3v) is 2.64. The van der Waals surface area contributed by atoms with E-state index in [-0.39, 0.29) is 11.9 Å². The van der Waals surface area contributed by atoms with Crippen molar-refractivity contribution in [2.45, 2.75) is 26.3 Å². The van der Waals surface area contributed by atoms with Gasteiger partial charge in [0, 0.05) is 12.4 Å². The summed E-state index contributed by atoms with van der Waals surface area (Å²) in [7, 11) is 0. The summed E-state index contributed by atoms with van der Waals surface area (Å²) in [6.45, 7) is 4.19. The van der Waals surface area contributed by atoms with E-state index in [9.17, 15) is 4.79 Å². The standard InChI is InChI=1S/C12H17N5O/c1-9(2)7-10(17-5-3-4-6-17)11(18)15-12-13-8-14-16-12/h3-6,8-10H,7H2,1-2H3,(H2,13,14,15,16,18)/t10-/m1/s1. The van der Waals surface area contributed by atoms with E-state index in [0.717, 1.165) is 6.42 Å². The molecule has 2 aromatic heterocycles. The fraction of sp³-hybridized carbons (Fsp3) is 0.417. The minimum atomic E-state index is -0.231. The molecule has 0 aliphatic rings. The Morgan fingerprint density at radius 3 is 2.72 bits per heavy atom. The number of rotatable bonds is 5. The highest BCUT2D eigenvalue weighted by Gasteiger charge is 2.21. The first-order valence-electron chi connectivity index (χ1n) is 5.95. The van der Waals surface area contributed by atoms with E-state index in [1.165, 1.54) is 6.33 Å². The van der Waals surface area contributed by atoms with Gasteiger partial charge < -0.3 is 4.57 Å². The first kappa shape index (κ1) is 12.3. The van der Waals surface area contributed by atoms with Crippen molar-refractivity contribution in [2.24, 2.45) is 5.92 Å². The average molecular weight is 247 g/mol. The van der Waals surface area contributed by atoms with Gasteiger partial charge >= 0.3 is 0 Å². The van der Waals surface area contributed by atoms with Crippen LogP contribution in [-0.4, -0.2) is 25.7 Å². The lowest BCUT2D eigenvalue weighted by Gasteiger charge is -2.19. The molecule has 96 valence electrons. The highest BCUT2D eigenvalue weighted by molar-refractivity contribution is 5.92. The molecule has 0 aliphatic heterocycles. The monoisotopic (exact) mass is 247 g/mol. The number of aromatic amines is 1. The molecule has 1 amide bonds. The second-order valence-corrected chi connectivity index (χ2v) is 4.60. The molecular weight excluding hydrogens is 230 g/mol. The average Bonchev–Trinajstić information content (AvgIpc) is 2.97. The van der Waals surface area contributed by atoms with Crippen LogP contribution in [0.25, 0.3) is 0 Å². The predicted molar refractivity (Wildman–Crippen MR) is 67.9 cm³/mol. The third-order valence-electron chi connectivity index (χ3n) is 2.64. The van der Waals surface area contributed by atoms with Crippen molar-refractivity contribution >= 4 is 11.9 Å². The fourth-order valence-electron chi connectivity index (χ4n) is 1.83.